The molecule has 1 aliphatic heterocycles. The molecule has 184 valence electrons. The second-order valence-electron chi connectivity index (χ2n) is 9.58. The van der Waals surface area contributed by atoms with E-state index in [1.807, 2.05) is 57.2 Å². The molecule has 1 N–H and O–H groups in total. The van der Waals surface area contributed by atoms with Gasteiger partial charge in [0.25, 0.3) is 5.91 Å². The van der Waals surface area contributed by atoms with E-state index >= 15 is 0 Å². The van der Waals surface area contributed by atoms with Gasteiger partial charge in [-0.15, -0.1) is 11.6 Å². The number of hydrogen-bond donors (Lipinski definition) is 1. The number of halogens is 1. The highest BCUT2D eigenvalue weighted by Crippen LogP contribution is 2.47. The van der Waals surface area contributed by atoms with Crippen molar-refractivity contribution in [2.24, 2.45) is 0 Å². The Balaban J connectivity index is 1.91. The number of carbonyl (C=O) groups is 2. The van der Waals surface area contributed by atoms with E-state index in [0.29, 0.717) is 34.0 Å². The van der Waals surface area contributed by atoms with Gasteiger partial charge < -0.3 is 9.47 Å². The fourth-order valence-corrected chi connectivity index (χ4v) is 4.59. The molecule has 8 heteroatoms. The smallest absolute Gasteiger partial charge is 0.414 e. The van der Waals surface area contributed by atoms with Crippen molar-refractivity contribution < 1.29 is 24.3 Å². The number of alkyl halides is 1. The number of fused-ring (bicyclic) bond motifs is 3. The summed E-state index contributed by atoms with van der Waals surface area (Å²) in [6.45, 7) is 6.07. The van der Waals surface area contributed by atoms with Gasteiger partial charge in [0.1, 0.15) is 18.0 Å². The van der Waals surface area contributed by atoms with E-state index in [0.717, 1.165) is 16.5 Å². The molecule has 0 fully saturated rings. The summed E-state index contributed by atoms with van der Waals surface area (Å²) < 4.78 is 11.9. The predicted octanol–water partition coefficient (Wildman–Crippen LogP) is 5.96. The highest BCUT2D eigenvalue weighted by molar-refractivity contribution is 6.19. The maximum Gasteiger partial charge on any atom is 0.414 e. The van der Waals surface area contributed by atoms with Crippen molar-refractivity contribution in [3.05, 3.63) is 71.3 Å². The number of nitrogens with zero attached hydrogens (tertiary/aromatic N) is 2. The molecule has 3 aromatic rings. The van der Waals surface area contributed by atoms with Gasteiger partial charge in [0.2, 0.25) is 0 Å². The van der Waals surface area contributed by atoms with Crippen molar-refractivity contribution in [2.75, 3.05) is 24.4 Å². The molecule has 7 nitrogen and oxygen atoms in total. The minimum absolute atomic E-state index is 0.165. The molecular weight excluding hydrogens is 468 g/mol. The molecule has 0 spiro atoms. The van der Waals surface area contributed by atoms with Crippen molar-refractivity contribution in [1.82, 2.24) is 5.06 Å². The van der Waals surface area contributed by atoms with E-state index in [4.69, 9.17) is 21.1 Å². The quantitative estimate of drug-likeness (QED) is 0.268. The predicted molar refractivity (Wildman–Crippen MR) is 136 cm³/mol. The number of hydrogen-bond acceptors (Lipinski definition) is 5. The minimum Gasteiger partial charge on any atom is -0.488 e. The number of rotatable bonds is 5. The number of ether oxygens (including phenoxy) is 2. The third-order valence-corrected chi connectivity index (χ3v) is 6.18. The van der Waals surface area contributed by atoms with Crippen LogP contribution in [-0.4, -0.2) is 47.3 Å². The number of amides is 2. The maximum atomic E-state index is 13.1. The Morgan fingerprint density at radius 2 is 1.86 bits per heavy atom. The van der Waals surface area contributed by atoms with Gasteiger partial charge in [-0.25, -0.2) is 9.86 Å². The molecule has 0 radical (unpaired) electrons. The largest absolute Gasteiger partial charge is 0.488 e. The summed E-state index contributed by atoms with van der Waals surface area (Å²) in [6.07, 6.45) is -0.470. The molecule has 0 aliphatic carbocycles. The highest BCUT2D eigenvalue weighted by atomic mass is 35.5. The van der Waals surface area contributed by atoms with Crippen LogP contribution in [0.2, 0.25) is 0 Å². The summed E-state index contributed by atoms with van der Waals surface area (Å²) in [6, 6.07) is 16.7. The summed E-state index contributed by atoms with van der Waals surface area (Å²) >= 11 is 6.35. The Bertz CT molecular complexity index is 1250. The van der Waals surface area contributed by atoms with Gasteiger partial charge in [0, 0.05) is 36.8 Å². The summed E-state index contributed by atoms with van der Waals surface area (Å²) in [5.41, 5.74) is 2.07. The second-order valence-corrected chi connectivity index (χ2v) is 9.89. The summed E-state index contributed by atoms with van der Waals surface area (Å²) in [4.78, 5) is 27.6. The zero-order valence-corrected chi connectivity index (χ0v) is 21.0. The number of carbonyl (C=O) groups excluding carboxylic acids is 2. The fourth-order valence-electron chi connectivity index (χ4n) is 4.33. The van der Waals surface area contributed by atoms with Crippen LogP contribution < -0.4 is 9.64 Å². The Morgan fingerprint density at radius 3 is 2.49 bits per heavy atom. The molecule has 0 aromatic heterocycles. The maximum absolute atomic E-state index is 13.1. The first-order chi connectivity index (χ1) is 16.6. The number of anilines is 1. The topological polar surface area (TPSA) is 79.3 Å². The van der Waals surface area contributed by atoms with Gasteiger partial charge >= 0.3 is 6.09 Å². The van der Waals surface area contributed by atoms with Crippen LogP contribution in [0.15, 0.2) is 54.6 Å². The molecule has 1 unspecified atom stereocenters. The van der Waals surface area contributed by atoms with Crippen LogP contribution in [0.4, 0.5) is 10.5 Å². The van der Waals surface area contributed by atoms with Crippen LogP contribution in [0.5, 0.6) is 5.75 Å². The standard InChI is InChI=1S/C27H29ClN2O5/c1-27(2,3)35-26(32)30-15-18(14-28)23-19-11-8-12-20(25(31)29(4)33)24(19)22(13-21(23)30)34-16-17-9-6-5-7-10-17/h5-13,18,33H,14-16H2,1-4H3. The zero-order chi connectivity index (χ0) is 25.3. The molecule has 0 saturated carbocycles. The van der Waals surface area contributed by atoms with Gasteiger partial charge in [-0.05, 0) is 43.4 Å². The van der Waals surface area contributed by atoms with Crippen LogP contribution >= 0.6 is 11.6 Å². The highest BCUT2D eigenvalue weighted by Gasteiger charge is 2.37. The van der Waals surface area contributed by atoms with Crippen LogP contribution in [0.25, 0.3) is 10.8 Å². The molecule has 2 amide bonds. The molecule has 0 bridgehead atoms. The average Bonchev–Trinajstić information content (AvgIpc) is 3.20. The molecule has 1 atom stereocenters. The minimum atomic E-state index is -0.662. The van der Waals surface area contributed by atoms with Gasteiger partial charge in [0.05, 0.1) is 11.3 Å². The Morgan fingerprint density at radius 1 is 1.14 bits per heavy atom. The Hall–Kier alpha value is -3.29. The van der Waals surface area contributed by atoms with Crippen LogP contribution in [0, 0.1) is 0 Å². The number of benzene rings is 3. The van der Waals surface area contributed by atoms with Gasteiger partial charge in [0.15, 0.2) is 0 Å². The average molecular weight is 497 g/mol. The van der Waals surface area contributed by atoms with E-state index < -0.39 is 17.6 Å². The molecule has 0 saturated heterocycles. The van der Waals surface area contributed by atoms with Crippen molar-refractivity contribution in [3.8, 4) is 5.75 Å². The van der Waals surface area contributed by atoms with Crippen LogP contribution in [0.1, 0.15) is 48.2 Å². The lowest BCUT2D eigenvalue weighted by molar-refractivity contribution is -0.0373. The van der Waals surface area contributed by atoms with Crippen LogP contribution in [0.3, 0.4) is 0 Å². The van der Waals surface area contributed by atoms with Crippen molar-refractivity contribution >= 4 is 40.1 Å². The monoisotopic (exact) mass is 496 g/mol. The van der Waals surface area contributed by atoms with Crippen molar-refractivity contribution in [2.45, 2.75) is 38.9 Å². The zero-order valence-electron chi connectivity index (χ0n) is 20.2. The van der Waals surface area contributed by atoms with E-state index in [2.05, 4.69) is 0 Å². The van der Waals surface area contributed by atoms with Gasteiger partial charge in [-0.1, -0.05) is 42.5 Å². The molecule has 1 heterocycles. The fraction of sp³-hybridized carbons (Fsp3) is 0.333. The van der Waals surface area contributed by atoms with E-state index in [-0.39, 0.29) is 18.4 Å². The molecule has 35 heavy (non-hydrogen) atoms. The van der Waals surface area contributed by atoms with E-state index in [1.165, 1.54) is 7.05 Å². The summed E-state index contributed by atoms with van der Waals surface area (Å²) in [7, 11) is 1.28. The lowest BCUT2D eigenvalue weighted by Gasteiger charge is -2.25. The Kier molecular flexibility index (Phi) is 6.92. The second kappa shape index (κ2) is 9.76. The van der Waals surface area contributed by atoms with Crippen molar-refractivity contribution in [1.29, 1.82) is 0 Å². The van der Waals surface area contributed by atoms with E-state index in [1.54, 1.807) is 23.1 Å². The number of hydroxylamine groups is 2. The first kappa shape index (κ1) is 24.8. The molecule has 1 aliphatic rings. The SMILES string of the molecule is CN(O)C(=O)c1cccc2c3c(cc(OCc4ccccc4)c12)N(C(=O)OC(C)(C)C)CC3CCl. The first-order valence-electron chi connectivity index (χ1n) is 11.4. The molecule has 4 rings (SSSR count). The Labute approximate surface area is 209 Å². The summed E-state index contributed by atoms with van der Waals surface area (Å²) in [5, 5.41) is 11.8. The van der Waals surface area contributed by atoms with Crippen molar-refractivity contribution in [3.63, 3.8) is 0 Å². The van der Waals surface area contributed by atoms with E-state index in [9.17, 15) is 14.8 Å². The first-order valence-corrected chi connectivity index (χ1v) is 11.9. The molecular formula is C27H29ClN2O5. The molecule has 3 aromatic carbocycles. The summed E-state index contributed by atoms with van der Waals surface area (Å²) in [5.74, 6) is -0.0206. The lowest BCUT2D eigenvalue weighted by Crippen LogP contribution is -2.36. The van der Waals surface area contributed by atoms with Gasteiger partial charge in [-0.2, -0.15) is 0 Å². The normalized spacial score (nSPS) is 15.1. The van der Waals surface area contributed by atoms with Gasteiger partial charge in [-0.3, -0.25) is 14.9 Å². The van der Waals surface area contributed by atoms with Crippen LogP contribution in [-0.2, 0) is 11.3 Å². The lowest BCUT2D eigenvalue weighted by atomic mass is 9.92. The third kappa shape index (κ3) is 5.06. The third-order valence-electron chi connectivity index (χ3n) is 5.81.